The number of likely N-dealkylation sites (N-methyl/N-ethyl adjacent to an activating group) is 1. The summed E-state index contributed by atoms with van der Waals surface area (Å²) < 4.78 is 11.5. The number of carbonyl (C=O) groups excluding carboxylic acids is 1. The van der Waals surface area contributed by atoms with Crippen molar-refractivity contribution < 1.29 is 14.3 Å². The van der Waals surface area contributed by atoms with Gasteiger partial charge in [-0.2, -0.15) is 0 Å². The standard InChI is InChI=1S/C21H22ClNO3/c1-2-23(14-15-4-3-5-18-19(15)26-13-12-25-18)20(24)21(10-11-21)16-6-8-17(22)9-7-16/h3-9H,2,10-14H2,1H3. The zero-order valence-electron chi connectivity index (χ0n) is 14.8. The van der Waals surface area contributed by atoms with Crippen LogP contribution in [0.1, 0.15) is 30.9 Å². The monoisotopic (exact) mass is 371 g/mol. The number of ether oxygens (including phenoxy) is 2. The van der Waals surface area contributed by atoms with Gasteiger partial charge in [-0.05, 0) is 43.5 Å². The average Bonchev–Trinajstić information content (AvgIpc) is 3.48. The lowest BCUT2D eigenvalue weighted by Crippen LogP contribution is -2.39. The largest absolute Gasteiger partial charge is 0.486 e. The third-order valence-corrected chi connectivity index (χ3v) is 5.49. The van der Waals surface area contributed by atoms with E-state index in [2.05, 4.69) is 0 Å². The van der Waals surface area contributed by atoms with Gasteiger partial charge in [0.25, 0.3) is 0 Å². The molecule has 136 valence electrons. The molecule has 2 aliphatic rings. The quantitative estimate of drug-likeness (QED) is 0.791. The van der Waals surface area contributed by atoms with E-state index >= 15 is 0 Å². The van der Waals surface area contributed by atoms with Crippen molar-refractivity contribution in [3.05, 3.63) is 58.6 Å². The fraction of sp³-hybridized carbons (Fsp3) is 0.381. The Morgan fingerprint density at radius 3 is 2.54 bits per heavy atom. The van der Waals surface area contributed by atoms with Gasteiger partial charge in [-0.25, -0.2) is 0 Å². The number of para-hydroxylation sites is 1. The number of nitrogens with zero attached hydrogens (tertiary/aromatic N) is 1. The predicted octanol–water partition coefficient (Wildman–Crippen LogP) is 4.19. The number of fused-ring (bicyclic) bond motifs is 1. The highest BCUT2D eigenvalue weighted by atomic mass is 35.5. The number of halogens is 1. The predicted molar refractivity (Wildman–Crippen MR) is 101 cm³/mol. The van der Waals surface area contributed by atoms with Crippen molar-refractivity contribution in [1.82, 2.24) is 4.90 Å². The molecule has 0 N–H and O–H groups in total. The summed E-state index contributed by atoms with van der Waals surface area (Å²) in [7, 11) is 0. The molecule has 4 nitrogen and oxygen atoms in total. The molecule has 5 heteroatoms. The lowest BCUT2D eigenvalue weighted by Gasteiger charge is -2.28. The molecule has 0 spiro atoms. The van der Waals surface area contributed by atoms with Gasteiger partial charge in [0.2, 0.25) is 5.91 Å². The third-order valence-electron chi connectivity index (χ3n) is 5.23. The van der Waals surface area contributed by atoms with Gasteiger partial charge in [0.1, 0.15) is 13.2 Å². The second-order valence-corrected chi connectivity index (χ2v) is 7.29. The summed E-state index contributed by atoms with van der Waals surface area (Å²) >= 11 is 6.01. The molecular formula is C21H22ClNO3. The first-order chi connectivity index (χ1) is 12.6. The van der Waals surface area contributed by atoms with Crippen LogP contribution in [0.4, 0.5) is 0 Å². The highest BCUT2D eigenvalue weighted by Crippen LogP contribution is 2.50. The van der Waals surface area contributed by atoms with Gasteiger partial charge in [-0.15, -0.1) is 0 Å². The van der Waals surface area contributed by atoms with Crippen LogP contribution >= 0.6 is 11.6 Å². The summed E-state index contributed by atoms with van der Waals surface area (Å²) in [5.74, 6) is 1.70. The fourth-order valence-corrected chi connectivity index (χ4v) is 3.74. The molecule has 1 amide bonds. The molecule has 1 fully saturated rings. The minimum atomic E-state index is -0.396. The zero-order valence-corrected chi connectivity index (χ0v) is 15.6. The molecular weight excluding hydrogens is 350 g/mol. The summed E-state index contributed by atoms with van der Waals surface area (Å²) in [4.78, 5) is 15.2. The van der Waals surface area contributed by atoms with E-state index in [-0.39, 0.29) is 5.91 Å². The number of benzene rings is 2. The fourth-order valence-electron chi connectivity index (χ4n) is 3.61. The molecule has 2 aromatic carbocycles. The number of hydrogen-bond acceptors (Lipinski definition) is 3. The Labute approximate surface area is 158 Å². The smallest absolute Gasteiger partial charge is 0.233 e. The van der Waals surface area contributed by atoms with E-state index < -0.39 is 5.41 Å². The Morgan fingerprint density at radius 1 is 1.12 bits per heavy atom. The molecule has 0 bridgehead atoms. The topological polar surface area (TPSA) is 38.8 Å². The molecule has 1 heterocycles. The van der Waals surface area contributed by atoms with Crippen LogP contribution in [-0.2, 0) is 16.8 Å². The molecule has 0 saturated heterocycles. The summed E-state index contributed by atoms with van der Waals surface area (Å²) in [5.41, 5.74) is 1.65. The first-order valence-electron chi connectivity index (χ1n) is 9.07. The maximum Gasteiger partial charge on any atom is 0.233 e. The molecule has 2 aromatic rings. The lowest BCUT2D eigenvalue weighted by molar-refractivity contribution is -0.134. The molecule has 0 unspecified atom stereocenters. The summed E-state index contributed by atoms with van der Waals surface area (Å²) in [5, 5.41) is 0.692. The highest BCUT2D eigenvalue weighted by molar-refractivity contribution is 6.30. The SMILES string of the molecule is CCN(Cc1cccc2c1OCCO2)C(=O)C1(c2ccc(Cl)cc2)CC1. The molecule has 1 saturated carbocycles. The lowest BCUT2D eigenvalue weighted by atomic mass is 9.94. The van der Waals surface area contributed by atoms with Crippen molar-refractivity contribution in [3.63, 3.8) is 0 Å². The molecule has 0 aromatic heterocycles. The molecule has 26 heavy (non-hydrogen) atoms. The summed E-state index contributed by atoms with van der Waals surface area (Å²) in [6.45, 7) is 4.30. The van der Waals surface area contributed by atoms with E-state index in [9.17, 15) is 4.79 Å². The van der Waals surface area contributed by atoms with Crippen LogP contribution in [0.25, 0.3) is 0 Å². The van der Waals surface area contributed by atoms with Crippen LogP contribution in [-0.4, -0.2) is 30.6 Å². The van der Waals surface area contributed by atoms with E-state index in [4.69, 9.17) is 21.1 Å². The minimum Gasteiger partial charge on any atom is -0.486 e. The van der Waals surface area contributed by atoms with Crippen LogP contribution in [0.15, 0.2) is 42.5 Å². The zero-order chi connectivity index (χ0) is 18.1. The van der Waals surface area contributed by atoms with Gasteiger partial charge >= 0.3 is 0 Å². The van der Waals surface area contributed by atoms with Crippen LogP contribution < -0.4 is 9.47 Å². The van der Waals surface area contributed by atoms with Crippen molar-refractivity contribution in [2.75, 3.05) is 19.8 Å². The summed E-state index contributed by atoms with van der Waals surface area (Å²) in [6.07, 6.45) is 1.77. The second-order valence-electron chi connectivity index (χ2n) is 6.85. The normalized spacial score (nSPS) is 16.8. The van der Waals surface area contributed by atoms with E-state index in [0.29, 0.717) is 31.3 Å². The minimum absolute atomic E-state index is 0.177. The van der Waals surface area contributed by atoms with Crippen molar-refractivity contribution in [3.8, 4) is 11.5 Å². The first kappa shape index (κ1) is 17.2. The van der Waals surface area contributed by atoms with Gasteiger partial charge in [-0.3, -0.25) is 4.79 Å². The molecule has 1 aliphatic carbocycles. The number of amides is 1. The van der Waals surface area contributed by atoms with E-state index in [0.717, 1.165) is 35.5 Å². The summed E-state index contributed by atoms with van der Waals surface area (Å²) in [6, 6.07) is 13.5. The van der Waals surface area contributed by atoms with Gasteiger partial charge in [0.15, 0.2) is 11.5 Å². The Hall–Kier alpha value is -2.20. The van der Waals surface area contributed by atoms with Crippen molar-refractivity contribution >= 4 is 17.5 Å². The highest BCUT2D eigenvalue weighted by Gasteiger charge is 2.52. The maximum atomic E-state index is 13.3. The Balaban J connectivity index is 1.58. The molecule has 4 rings (SSSR count). The van der Waals surface area contributed by atoms with Gasteiger partial charge in [-0.1, -0.05) is 35.9 Å². The molecule has 0 atom stereocenters. The van der Waals surface area contributed by atoms with E-state index in [1.807, 2.05) is 54.3 Å². The Morgan fingerprint density at radius 2 is 1.85 bits per heavy atom. The molecule has 1 aliphatic heterocycles. The average molecular weight is 372 g/mol. The molecule has 0 radical (unpaired) electrons. The first-order valence-corrected chi connectivity index (χ1v) is 9.45. The second kappa shape index (κ2) is 6.84. The van der Waals surface area contributed by atoms with E-state index in [1.54, 1.807) is 0 Å². The Bertz CT molecular complexity index is 815. The number of carbonyl (C=O) groups is 1. The van der Waals surface area contributed by atoms with Gasteiger partial charge in [0.05, 0.1) is 5.41 Å². The third kappa shape index (κ3) is 3.03. The number of rotatable bonds is 5. The van der Waals surface area contributed by atoms with Crippen LogP contribution in [0.2, 0.25) is 5.02 Å². The van der Waals surface area contributed by atoms with Gasteiger partial charge < -0.3 is 14.4 Å². The van der Waals surface area contributed by atoms with Crippen LogP contribution in [0.5, 0.6) is 11.5 Å². The Kier molecular flexibility index (Phi) is 4.53. The van der Waals surface area contributed by atoms with Crippen molar-refractivity contribution in [2.24, 2.45) is 0 Å². The van der Waals surface area contributed by atoms with Crippen molar-refractivity contribution in [2.45, 2.75) is 31.7 Å². The number of hydrogen-bond donors (Lipinski definition) is 0. The van der Waals surface area contributed by atoms with Crippen molar-refractivity contribution in [1.29, 1.82) is 0 Å². The van der Waals surface area contributed by atoms with Crippen LogP contribution in [0.3, 0.4) is 0 Å². The van der Waals surface area contributed by atoms with E-state index in [1.165, 1.54) is 0 Å². The maximum absolute atomic E-state index is 13.3. The van der Waals surface area contributed by atoms with Gasteiger partial charge in [0, 0.05) is 23.7 Å². The van der Waals surface area contributed by atoms with Crippen LogP contribution in [0, 0.1) is 0 Å².